The Bertz CT molecular complexity index is 1130. The molecule has 2 aliphatic heterocycles. The lowest BCUT2D eigenvalue weighted by molar-refractivity contribution is 0.0958. The minimum atomic E-state index is -3.51. The topological polar surface area (TPSA) is 94.2 Å². The van der Waals surface area contributed by atoms with Crippen molar-refractivity contribution < 1.29 is 27.4 Å². The first kappa shape index (κ1) is 22.0. The number of hydrogen-bond donors (Lipinski definition) is 1. The molecule has 32 heavy (non-hydrogen) atoms. The van der Waals surface area contributed by atoms with E-state index < -0.39 is 10.0 Å². The number of carbonyl (C=O) groups is 1. The van der Waals surface area contributed by atoms with Crippen LogP contribution < -0.4 is 19.5 Å². The lowest BCUT2D eigenvalue weighted by Crippen LogP contribution is -2.35. The molecule has 0 saturated carbocycles. The van der Waals surface area contributed by atoms with E-state index in [0.29, 0.717) is 35.9 Å². The third-order valence-corrected chi connectivity index (χ3v) is 7.10. The molecule has 1 amide bonds. The van der Waals surface area contributed by atoms with Crippen molar-refractivity contribution in [2.24, 2.45) is 0 Å². The Labute approximate surface area is 187 Å². The van der Waals surface area contributed by atoms with Crippen LogP contribution in [0, 0.1) is 11.8 Å². The van der Waals surface area contributed by atoms with Crippen molar-refractivity contribution >= 4 is 15.9 Å². The van der Waals surface area contributed by atoms with E-state index in [4.69, 9.17) is 14.2 Å². The van der Waals surface area contributed by atoms with E-state index in [0.717, 1.165) is 19.3 Å². The number of fused-ring (bicyclic) bond motifs is 1. The van der Waals surface area contributed by atoms with Crippen LogP contribution in [0.5, 0.6) is 17.2 Å². The summed E-state index contributed by atoms with van der Waals surface area (Å²) in [4.78, 5) is 12.5. The van der Waals surface area contributed by atoms with Crippen molar-refractivity contribution in [3.63, 3.8) is 0 Å². The highest BCUT2D eigenvalue weighted by atomic mass is 32.2. The number of piperidine rings is 1. The number of hydrogen-bond acceptors (Lipinski definition) is 6. The van der Waals surface area contributed by atoms with E-state index in [9.17, 15) is 13.2 Å². The maximum absolute atomic E-state index is 12.7. The second-order valence-electron chi connectivity index (χ2n) is 7.33. The van der Waals surface area contributed by atoms with Crippen molar-refractivity contribution in [3.8, 4) is 29.1 Å². The number of nitrogens with zero attached hydrogens (tertiary/aromatic N) is 1. The third kappa shape index (κ3) is 5.15. The van der Waals surface area contributed by atoms with Gasteiger partial charge in [0.05, 0.1) is 11.4 Å². The highest BCUT2D eigenvalue weighted by Crippen LogP contribution is 2.35. The summed E-state index contributed by atoms with van der Waals surface area (Å²) in [5, 5.41) is 2.69. The van der Waals surface area contributed by atoms with Gasteiger partial charge in [-0.15, -0.1) is 0 Å². The minimum absolute atomic E-state index is 0.150. The first-order valence-corrected chi connectivity index (χ1v) is 11.8. The highest BCUT2D eigenvalue weighted by Gasteiger charge is 2.25. The number of ether oxygens (including phenoxy) is 3. The number of nitrogens with one attached hydrogen (secondary N) is 1. The summed E-state index contributed by atoms with van der Waals surface area (Å²) in [6, 6.07) is 11.3. The maximum atomic E-state index is 12.7. The number of amides is 1. The van der Waals surface area contributed by atoms with E-state index in [1.807, 2.05) is 0 Å². The molecule has 2 heterocycles. The molecule has 0 radical (unpaired) electrons. The fourth-order valence-corrected chi connectivity index (χ4v) is 4.98. The van der Waals surface area contributed by atoms with E-state index in [-0.39, 0.29) is 30.7 Å². The molecule has 2 aromatic carbocycles. The van der Waals surface area contributed by atoms with Gasteiger partial charge in [0.25, 0.3) is 5.91 Å². The average Bonchev–Trinajstić information content (AvgIpc) is 3.30. The van der Waals surface area contributed by atoms with Gasteiger partial charge >= 0.3 is 0 Å². The van der Waals surface area contributed by atoms with Gasteiger partial charge in [-0.2, -0.15) is 4.31 Å². The molecule has 8 nitrogen and oxygen atoms in total. The van der Waals surface area contributed by atoms with Crippen LogP contribution in [0.4, 0.5) is 0 Å². The first-order chi connectivity index (χ1) is 15.5. The summed E-state index contributed by atoms with van der Waals surface area (Å²) in [5.41, 5.74) is 0.376. The Kier molecular flexibility index (Phi) is 6.83. The zero-order valence-corrected chi connectivity index (χ0v) is 18.3. The van der Waals surface area contributed by atoms with Gasteiger partial charge in [-0.3, -0.25) is 4.79 Å². The van der Waals surface area contributed by atoms with E-state index >= 15 is 0 Å². The molecule has 0 spiro atoms. The van der Waals surface area contributed by atoms with Crippen LogP contribution in [0.1, 0.15) is 29.6 Å². The smallest absolute Gasteiger partial charge is 0.252 e. The van der Waals surface area contributed by atoms with Crippen molar-refractivity contribution in [2.75, 3.05) is 33.0 Å². The van der Waals surface area contributed by atoms with E-state index in [1.54, 1.807) is 18.2 Å². The van der Waals surface area contributed by atoms with Gasteiger partial charge in [0, 0.05) is 24.7 Å². The van der Waals surface area contributed by atoms with Crippen LogP contribution in [-0.4, -0.2) is 51.7 Å². The quantitative estimate of drug-likeness (QED) is 0.671. The van der Waals surface area contributed by atoms with Crippen molar-refractivity contribution in [1.29, 1.82) is 0 Å². The standard InChI is InChI=1S/C23H24N2O6S/c26-23(18-6-9-20(10-7-18)32(27,28)25-13-3-1-4-14-25)24-12-2-5-15-29-19-8-11-21-22(16-19)31-17-30-21/h6-11,16H,1,3-4,12-15,17H2,(H,24,26). The Balaban J connectivity index is 1.24. The molecule has 9 heteroatoms. The van der Waals surface area contributed by atoms with Crippen LogP contribution in [0.15, 0.2) is 47.4 Å². The molecule has 4 rings (SSSR count). The number of rotatable bonds is 6. The number of sulfonamides is 1. The Morgan fingerprint density at radius 2 is 1.75 bits per heavy atom. The normalized spacial score (nSPS) is 15.5. The van der Waals surface area contributed by atoms with Crippen LogP contribution >= 0.6 is 0 Å². The summed E-state index contributed by atoms with van der Waals surface area (Å²) in [7, 11) is -3.51. The SMILES string of the molecule is O=C(NCC#CCOc1ccc2c(c1)OCO2)c1ccc(S(=O)(=O)N2CCCCC2)cc1. The monoisotopic (exact) mass is 456 g/mol. The van der Waals surface area contributed by atoms with Crippen LogP contribution in [-0.2, 0) is 10.0 Å². The van der Waals surface area contributed by atoms with E-state index in [2.05, 4.69) is 17.2 Å². The summed E-state index contributed by atoms with van der Waals surface area (Å²) in [6.45, 7) is 1.61. The zero-order valence-electron chi connectivity index (χ0n) is 17.5. The summed E-state index contributed by atoms with van der Waals surface area (Å²) >= 11 is 0. The molecular weight excluding hydrogens is 432 g/mol. The molecule has 0 atom stereocenters. The maximum Gasteiger partial charge on any atom is 0.252 e. The molecule has 2 aromatic rings. The van der Waals surface area contributed by atoms with Crippen LogP contribution in [0.3, 0.4) is 0 Å². The molecule has 0 aromatic heterocycles. The Hall–Kier alpha value is -3.22. The van der Waals surface area contributed by atoms with Crippen LogP contribution in [0.25, 0.3) is 0 Å². The van der Waals surface area contributed by atoms with Gasteiger partial charge in [-0.25, -0.2) is 8.42 Å². The largest absolute Gasteiger partial charge is 0.481 e. The second kappa shape index (κ2) is 9.94. The second-order valence-corrected chi connectivity index (χ2v) is 9.27. The molecule has 0 aliphatic carbocycles. The molecule has 1 saturated heterocycles. The van der Waals surface area contributed by atoms with Gasteiger partial charge < -0.3 is 19.5 Å². The third-order valence-electron chi connectivity index (χ3n) is 5.19. The summed E-state index contributed by atoms with van der Waals surface area (Å²) < 4.78 is 42.9. The molecule has 1 N–H and O–H groups in total. The Morgan fingerprint density at radius 3 is 2.53 bits per heavy atom. The van der Waals surface area contributed by atoms with Crippen LogP contribution in [0.2, 0.25) is 0 Å². The summed E-state index contributed by atoms with van der Waals surface area (Å²) in [6.07, 6.45) is 2.81. The highest BCUT2D eigenvalue weighted by molar-refractivity contribution is 7.89. The zero-order chi connectivity index (χ0) is 22.4. The lowest BCUT2D eigenvalue weighted by atomic mass is 10.2. The van der Waals surface area contributed by atoms with E-state index in [1.165, 1.54) is 28.6 Å². The van der Waals surface area contributed by atoms with Crippen molar-refractivity contribution in [3.05, 3.63) is 48.0 Å². The van der Waals surface area contributed by atoms with Gasteiger partial charge in [-0.1, -0.05) is 18.3 Å². The molecule has 0 bridgehead atoms. The lowest BCUT2D eigenvalue weighted by Gasteiger charge is -2.25. The number of carbonyl (C=O) groups excluding carboxylic acids is 1. The fraction of sp³-hybridized carbons (Fsp3) is 0.348. The first-order valence-electron chi connectivity index (χ1n) is 10.4. The van der Waals surface area contributed by atoms with Gasteiger partial charge in [0.1, 0.15) is 12.4 Å². The van der Waals surface area contributed by atoms with Crippen molar-refractivity contribution in [1.82, 2.24) is 9.62 Å². The van der Waals surface area contributed by atoms with Gasteiger partial charge in [0.2, 0.25) is 16.8 Å². The number of benzene rings is 2. The molecule has 168 valence electrons. The fourth-order valence-electron chi connectivity index (χ4n) is 3.46. The molecule has 1 fully saturated rings. The molecule has 2 aliphatic rings. The van der Waals surface area contributed by atoms with Gasteiger partial charge in [-0.05, 0) is 49.2 Å². The summed E-state index contributed by atoms with van der Waals surface area (Å²) in [5.74, 6) is 7.27. The van der Waals surface area contributed by atoms with Gasteiger partial charge in [0.15, 0.2) is 11.5 Å². The predicted octanol–water partition coefficient (Wildman–Crippen LogP) is 2.40. The predicted molar refractivity (Wildman–Crippen MR) is 117 cm³/mol. The average molecular weight is 457 g/mol. The van der Waals surface area contributed by atoms with Crippen molar-refractivity contribution in [2.45, 2.75) is 24.2 Å². The Morgan fingerprint density at radius 1 is 1.00 bits per heavy atom. The molecular formula is C23H24N2O6S. The molecule has 0 unspecified atom stereocenters. The minimum Gasteiger partial charge on any atom is -0.481 e.